The number of aliphatic hydroxyl groups is 1. The van der Waals surface area contributed by atoms with Crippen LogP contribution in [-0.2, 0) is 0 Å². The van der Waals surface area contributed by atoms with Gasteiger partial charge in [0.25, 0.3) is 0 Å². The average molecular weight is 166 g/mol. The van der Waals surface area contributed by atoms with Crippen LogP contribution in [0.3, 0.4) is 0 Å². The summed E-state index contributed by atoms with van der Waals surface area (Å²) in [6.07, 6.45) is 6.64. The van der Waals surface area contributed by atoms with Crippen molar-refractivity contribution in [2.24, 2.45) is 5.92 Å². The lowest BCUT2D eigenvalue weighted by Crippen LogP contribution is -2.20. The summed E-state index contributed by atoms with van der Waals surface area (Å²) in [5.41, 5.74) is 2.04. The molecule has 1 saturated carbocycles. The molecule has 0 bridgehead atoms. The molecule has 2 heteroatoms. The van der Waals surface area contributed by atoms with E-state index in [-0.39, 0.29) is 6.10 Å². The molecule has 1 aliphatic carbocycles. The molecule has 1 N–H and O–H groups in total. The first-order chi connectivity index (χ1) is 5.79. The molecular formula is C10H14O2. The second-order valence-corrected chi connectivity index (χ2v) is 3.65. The molecule has 0 spiro atoms. The summed E-state index contributed by atoms with van der Waals surface area (Å²) in [6.45, 7) is 1.97. The van der Waals surface area contributed by atoms with E-state index in [2.05, 4.69) is 0 Å². The molecule has 1 atom stereocenters. The Bertz CT molecular complexity index is 261. The highest BCUT2D eigenvalue weighted by Crippen LogP contribution is 2.38. The maximum absolute atomic E-state index is 9.85. The van der Waals surface area contributed by atoms with Gasteiger partial charge in [-0.05, 0) is 31.2 Å². The second kappa shape index (κ2) is 2.94. The highest BCUT2D eigenvalue weighted by molar-refractivity contribution is 5.22. The summed E-state index contributed by atoms with van der Waals surface area (Å²) in [4.78, 5) is 0. The van der Waals surface area contributed by atoms with Crippen molar-refractivity contribution in [2.45, 2.75) is 32.3 Å². The molecule has 0 aliphatic heterocycles. The third-order valence-electron chi connectivity index (χ3n) is 2.81. The minimum atomic E-state index is -0.294. The molecule has 12 heavy (non-hydrogen) atoms. The van der Waals surface area contributed by atoms with E-state index >= 15 is 0 Å². The lowest BCUT2D eigenvalue weighted by atomic mass is 9.79. The molecule has 1 aromatic rings. The Kier molecular flexibility index (Phi) is 1.93. The van der Waals surface area contributed by atoms with Gasteiger partial charge in [0.15, 0.2) is 0 Å². The smallest absolute Gasteiger partial charge is 0.0963 e. The van der Waals surface area contributed by atoms with Crippen LogP contribution >= 0.6 is 0 Å². The normalized spacial score (nSPS) is 20.5. The lowest BCUT2D eigenvalue weighted by Gasteiger charge is -2.29. The zero-order valence-corrected chi connectivity index (χ0v) is 7.29. The van der Waals surface area contributed by atoms with Gasteiger partial charge in [0.05, 0.1) is 18.6 Å². The van der Waals surface area contributed by atoms with Gasteiger partial charge in [0, 0.05) is 5.56 Å². The SMILES string of the molecule is Cc1cocc1C(O)C1CCC1. The van der Waals surface area contributed by atoms with Crippen LogP contribution < -0.4 is 0 Å². The molecule has 1 heterocycles. The Hall–Kier alpha value is -0.760. The zero-order chi connectivity index (χ0) is 8.55. The van der Waals surface area contributed by atoms with Crippen molar-refractivity contribution < 1.29 is 9.52 Å². The maximum atomic E-state index is 9.85. The van der Waals surface area contributed by atoms with Gasteiger partial charge in [-0.2, -0.15) is 0 Å². The van der Waals surface area contributed by atoms with Crippen molar-refractivity contribution >= 4 is 0 Å². The molecule has 1 aliphatic rings. The summed E-state index contributed by atoms with van der Waals surface area (Å²) < 4.78 is 5.03. The van der Waals surface area contributed by atoms with Crippen LogP contribution in [0.25, 0.3) is 0 Å². The van der Waals surface area contributed by atoms with Crippen molar-refractivity contribution in [3.8, 4) is 0 Å². The molecule has 2 rings (SSSR count). The number of rotatable bonds is 2. The van der Waals surface area contributed by atoms with Crippen molar-refractivity contribution in [3.63, 3.8) is 0 Å². The third-order valence-corrected chi connectivity index (χ3v) is 2.81. The fourth-order valence-corrected chi connectivity index (χ4v) is 1.68. The number of hydrogen-bond acceptors (Lipinski definition) is 2. The molecule has 66 valence electrons. The molecule has 0 saturated heterocycles. The van der Waals surface area contributed by atoms with Crippen molar-refractivity contribution in [3.05, 3.63) is 23.7 Å². The number of furan rings is 1. The monoisotopic (exact) mass is 166 g/mol. The highest BCUT2D eigenvalue weighted by Gasteiger charge is 2.28. The third kappa shape index (κ3) is 1.16. The van der Waals surface area contributed by atoms with Gasteiger partial charge in [-0.1, -0.05) is 6.42 Å². The van der Waals surface area contributed by atoms with Crippen LogP contribution in [0, 0.1) is 12.8 Å². The Balaban J connectivity index is 2.13. The van der Waals surface area contributed by atoms with Gasteiger partial charge in [-0.25, -0.2) is 0 Å². The zero-order valence-electron chi connectivity index (χ0n) is 7.29. The molecule has 1 aromatic heterocycles. The van der Waals surface area contributed by atoms with Crippen LogP contribution in [0.1, 0.15) is 36.5 Å². The molecule has 0 aromatic carbocycles. The minimum absolute atomic E-state index is 0.294. The van der Waals surface area contributed by atoms with E-state index in [1.807, 2.05) is 6.92 Å². The fraction of sp³-hybridized carbons (Fsp3) is 0.600. The van der Waals surface area contributed by atoms with Crippen molar-refractivity contribution in [1.82, 2.24) is 0 Å². The number of aliphatic hydroxyl groups excluding tert-OH is 1. The van der Waals surface area contributed by atoms with Crippen molar-refractivity contribution in [1.29, 1.82) is 0 Å². The van der Waals surface area contributed by atoms with Crippen LogP contribution in [-0.4, -0.2) is 5.11 Å². The van der Waals surface area contributed by atoms with Crippen LogP contribution in [0.15, 0.2) is 16.9 Å². The maximum Gasteiger partial charge on any atom is 0.0963 e. The quantitative estimate of drug-likeness (QED) is 0.732. The van der Waals surface area contributed by atoms with E-state index in [1.54, 1.807) is 12.5 Å². The predicted molar refractivity (Wildman–Crippen MR) is 45.7 cm³/mol. The molecular weight excluding hydrogens is 152 g/mol. The van der Waals surface area contributed by atoms with E-state index in [0.29, 0.717) is 5.92 Å². The largest absolute Gasteiger partial charge is 0.472 e. The first kappa shape index (κ1) is 7.87. The summed E-state index contributed by atoms with van der Waals surface area (Å²) in [6, 6.07) is 0. The standard InChI is InChI=1S/C10H14O2/c1-7-5-12-6-9(7)10(11)8-3-2-4-8/h5-6,8,10-11H,2-4H2,1H3. The van der Waals surface area contributed by atoms with Crippen molar-refractivity contribution in [2.75, 3.05) is 0 Å². The van der Waals surface area contributed by atoms with Gasteiger partial charge in [0.1, 0.15) is 0 Å². The van der Waals surface area contributed by atoms with E-state index in [4.69, 9.17) is 4.42 Å². The molecule has 1 unspecified atom stereocenters. The first-order valence-corrected chi connectivity index (χ1v) is 4.50. The van der Waals surface area contributed by atoms with Gasteiger partial charge < -0.3 is 9.52 Å². The van der Waals surface area contributed by atoms with Gasteiger partial charge in [-0.3, -0.25) is 0 Å². The lowest BCUT2D eigenvalue weighted by molar-refractivity contribution is 0.0612. The predicted octanol–water partition coefficient (Wildman–Crippen LogP) is 2.42. The van der Waals surface area contributed by atoms with Gasteiger partial charge >= 0.3 is 0 Å². The van der Waals surface area contributed by atoms with E-state index in [0.717, 1.165) is 24.0 Å². The minimum Gasteiger partial charge on any atom is -0.472 e. The van der Waals surface area contributed by atoms with Gasteiger partial charge in [-0.15, -0.1) is 0 Å². The summed E-state index contributed by atoms with van der Waals surface area (Å²) in [5, 5.41) is 9.85. The van der Waals surface area contributed by atoms with E-state index in [9.17, 15) is 5.11 Å². The molecule has 2 nitrogen and oxygen atoms in total. The Morgan fingerprint density at radius 3 is 2.67 bits per heavy atom. The van der Waals surface area contributed by atoms with Crippen LogP contribution in [0.4, 0.5) is 0 Å². The number of hydrogen-bond donors (Lipinski definition) is 1. The summed E-state index contributed by atoms with van der Waals surface area (Å²) in [5.74, 6) is 0.473. The molecule has 0 amide bonds. The second-order valence-electron chi connectivity index (χ2n) is 3.65. The van der Waals surface area contributed by atoms with Crippen LogP contribution in [0.2, 0.25) is 0 Å². The summed E-state index contributed by atoms with van der Waals surface area (Å²) >= 11 is 0. The Labute approximate surface area is 72.2 Å². The topological polar surface area (TPSA) is 33.4 Å². The summed E-state index contributed by atoms with van der Waals surface area (Å²) in [7, 11) is 0. The number of aryl methyl sites for hydroxylation is 1. The first-order valence-electron chi connectivity index (χ1n) is 4.50. The van der Waals surface area contributed by atoms with E-state index < -0.39 is 0 Å². The highest BCUT2D eigenvalue weighted by atomic mass is 16.3. The molecule has 0 radical (unpaired) electrons. The fourth-order valence-electron chi connectivity index (χ4n) is 1.68. The Morgan fingerprint density at radius 2 is 2.25 bits per heavy atom. The molecule has 1 fully saturated rings. The van der Waals surface area contributed by atoms with E-state index in [1.165, 1.54) is 6.42 Å². The average Bonchev–Trinajstić information content (AvgIpc) is 2.31. The van der Waals surface area contributed by atoms with Crippen LogP contribution in [0.5, 0.6) is 0 Å². The van der Waals surface area contributed by atoms with Gasteiger partial charge in [0.2, 0.25) is 0 Å². The Morgan fingerprint density at radius 1 is 1.50 bits per heavy atom.